The molecule has 1 saturated carbocycles. The minimum absolute atomic E-state index is 0.196. The minimum atomic E-state index is -0.196. The Hall–Kier alpha value is -0.510. The molecule has 1 atom stereocenters. The van der Waals surface area contributed by atoms with Crippen LogP contribution in [0.2, 0.25) is 0 Å². The van der Waals surface area contributed by atoms with Gasteiger partial charge >= 0.3 is 0 Å². The van der Waals surface area contributed by atoms with Crippen molar-refractivity contribution in [2.24, 2.45) is 5.92 Å². The van der Waals surface area contributed by atoms with Gasteiger partial charge < -0.3 is 9.47 Å². The number of hydrogen-bond donors (Lipinski definition) is 0. The Balaban J connectivity index is 1.42. The van der Waals surface area contributed by atoms with Crippen LogP contribution in [0.25, 0.3) is 0 Å². The monoisotopic (exact) mass is 264 g/mol. The van der Waals surface area contributed by atoms with E-state index in [2.05, 4.69) is 30.3 Å². The lowest BCUT2D eigenvalue weighted by atomic mass is 10.1. The van der Waals surface area contributed by atoms with E-state index in [9.17, 15) is 0 Å². The van der Waals surface area contributed by atoms with E-state index in [1.165, 1.54) is 17.7 Å². The molecule has 3 heteroatoms. The first kappa shape index (κ1) is 12.5. The highest BCUT2D eigenvalue weighted by Crippen LogP contribution is 2.42. The van der Waals surface area contributed by atoms with E-state index in [1.54, 1.807) is 0 Å². The predicted octanol–water partition coefficient (Wildman–Crippen LogP) is 3.46. The number of thioether (sulfide) groups is 1. The summed E-state index contributed by atoms with van der Waals surface area (Å²) in [5.74, 6) is 2.91. The highest BCUT2D eigenvalue weighted by molar-refractivity contribution is 7.98. The van der Waals surface area contributed by atoms with Crippen molar-refractivity contribution in [2.45, 2.75) is 30.8 Å². The lowest BCUT2D eigenvalue weighted by Crippen LogP contribution is -2.26. The van der Waals surface area contributed by atoms with Gasteiger partial charge in [0.2, 0.25) is 0 Å². The Bertz CT molecular complexity index is 373. The molecule has 1 aromatic carbocycles. The van der Waals surface area contributed by atoms with Gasteiger partial charge in [-0.25, -0.2) is 0 Å². The van der Waals surface area contributed by atoms with Crippen LogP contribution < -0.4 is 0 Å². The van der Waals surface area contributed by atoms with Crippen LogP contribution in [0.5, 0.6) is 0 Å². The number of ether oxygens (including phenoxy) is 2. The van der Waals surface area contributed by atoms with Gasteiger partial charge in [0.15, 0.2) is 5.79 Å². The maximum Gasteiger partial charge on any atom is 0.168 e. The Morgan fingerprint density at radius 1 is 1.17 bits per heavy atom. The highest BCUT2D eigenvalue weighted by Gasteiger charge is 2.43. The van der Waals surface area contributed by atoms with Crippen molar-refractivity contribution in [3.63, 3.8) is 0 Å². The first-order chi connectivity index (χ1) is 8.86. The van der Waals surface area contributed by atoms with Gasteiger partial charge in [0.1, 0.15) is 0 Å². The number of rotatable bonds is 4. The number of hydrogen-bond acceptors (Lipinski definition) is 3. The Kier molecular flexibility index (Phi) is 3.92. The van der Waals surface area contributed by atoms with Crippen molar-refractivity contribution >= 4 is 11.8 Å². The van der Waals surface area contributed by atoms with E-state index in [4.69, 9.17) is 9.47 Å². The summed E-state index contributed by atoms with van der Waals surface area (Å²) >= 11 is 2.03. The Morgan fingerprint density at radius 3 is 2.72 bits per heavy atom. The highest BCUT2D eigenvalue weighted by atomic mass is 32.2. The lowest BCUT2D eigenvalue weighted by molar-refractivity contribution is -0.152. The largest absolute Gasteiger partial charge is 0.348 e. The summed E-state index contributed by atoms with van der Waals surface area (Å²) < 4.78 is 11.5. The second-order valence-electron chi connectivity index (χ2n) is 5.22. The lowest BCUT2D eigenvalue weighted by Gasteiger charge is -2.21. The molecule has 2 fully saturated rings. The molecule has 0 bridgehead atoms. The summed E-state index contributed by atoms with van der Waals surface area (Å²) in [4.78, 5) is 0. The van der Waals surface area contributed by atoms with Crippen LogP contribution in [-0.4, -0.2) is 24.8 Å². The average molecular weight is 264 g/mol. The van der Waals surface area contributed by atoms with Crippen molar-refractivity contribution in [3.05, 3.63) is 35.9 Å². The maximum atomic E-state index is 5.76. The molecular weight excluding hydrogens is 244 g/mol. The van der Waals surface area contributed by atoms with Gasteiger partial charge in [0.05, 0.1) is 13.2 Å². The third-order valence-corrected chi connectivity index (χ3v) is 5.06. The summed E-state index contributed by atoms with van der Waals surface area (Å²) in [6, 6.07) is 10.7. The third-order valence-electron chi connectivity index (χ3n) is 3.81. The molecule has 0 aromatic heterocycles. The van der Waals surface area contributed by atoms with Crippen LogP contribution in [0.4, 0.5) is 0 Å². The van der Waals surface area contributed by atoms with Gasteiger partial charge in [-0.05, 0) is 23.7 Å². The van der Waals surface area contributed by atoms with Gasteiger partial charge in [-0.15, -0.1) is 0 Å². The second-order valence-corrected chi connectivity index (χ2v) is 6.25. The standard InChI is InChI=1S/C15H20O2S/c1-2-4-13(5-3-1)11-18-12-14-6-7-15(10-14)16-8-9-17-15/h1-5,14H,6-12H2. The quantitative estimate of drug-likeness (QED) is 0.829. The van der Waals surface area contributed by atoms with Gasteiger partial charge in [-0.3, -0.25) is 0 Å². The van der Waals surface area contributed by atoms with E-state index < -0.39 is 0 Å². The molecule has 1 aliphatic heterocycles. The van der Waals surface area contributed by atoms with E-state index in [0.29, 0.717) is 0 Å². The molecule has 1 spiro atoms. The first-order valence-electron chi connectivity index (χ1n) is 6.76. The second kappa shape index (κ2) is 5.64. The SMILES string of the molecule is c1ccc(CSCC2CCC3(C2)OCCO3)cc1. The molecule has 2 aliphatic rings. The van der Waals surface area contributed by atoms with Crippen LogP contribution in [-0.2, 0) is 15.2 Å². The molecule has 1 aromatic rings. The normalized spacial score (nSPS) is 25.9. The average Bonchev–Trinajstić information content (AvgIpc) is 3.02. The Labute approximate surface area is 113 Å². The maximum absolute atomic E-state index is 5.76. The molecule has 1 unspecified atom stereocenters. The number of benzene rings is 1. The van der Waals surface area contributed by atoms with Gasteiger partial charge in [0, 0.05) is 18.6 Å². The van der Waals surface area contributed by atoms with Gasteiger partial charge in [-0.1, -0.05) is 30.3 Å². The van der Waals surface area contributed by atoms with Crippen molar-refractivity contribution in [1.29, 1.82) is 0 Å². The fraction of sp³-hybridized carbons (Fsp3) is 0.600. The summed E-state index contributed by atoms with van der Waals surface area (Å²) in [6.07, 6.45) is 3.43. The van der Waals surface area contributed by atoms with Gasteiger partial charge in [0.25, 0.3) is 0 Å². The molecule has 1 heterocycles. The fourth-order valence-electron chi connectivity index (χ4n) is 2.89. The molecule has 3 rings (SSSR count). The zero-order chi connectivity index (χ0) is 12.3. The van der Waals surface area contributed by atoms with Crippen LogP contribution in [0.3, 0.4) is 0 Å². The fourth-order valence-corrected chi connectivity index (χ4v) is 4.05. The van der Waals surface area contributed by atoms with Crippen LogP contribution in [0.1, 0.15) is 24.8 Å². The molecular formula is C15H20O2S. The van der Waals surface area contributed by atoms with Crippen molar-refractivity contribution in [1.82, 2.24) is 0 Å². The minimum Gasteiger partial charge on any atom is -0.348 e. The van der Waals surface area contributed by atoms with Crippen molar-refractivity contribution in [3.8, 4) is 0 Å². The molecule has 0 N–H and O–H groups in total. The molecule has 1 saturated heterocycles. The van der Waals surface area contributed by atoms with Crippen molar-refractivity contribution < 1.29 is 9.47 Å². The molecule has 98 valence electrons. The van der Waals surface area contributed by atoms with Crippen LogP contribution in [0.15, 0.2) is 30.3 Å². The zero-order valence-electron chi connectivity index (χ0n) is 10.6. The zero-order valence-corrected chi connectivity index (χ0v) is 11.5. The third kappa shape index (κ3) is 2.90. The van der Waals surface area contributed by atoms with Crippen LogP contribution >= 0.6 is 11.8 Å². The summed E-state index contributed by atoms with van der Waals surface area (Å²) in [6.45, 7) is 1.56. The van der Waals surface area contributed by atoms with E-state index in [1.807, 2.05) is 11.8 Å². The van der Waals surface area contributed by atoms with E-state index >= 15 is 0 Å². The van der Waals surface area contributed by atoms with Gasteiger partial charge in [-0.2, -0.15) is 11.8 Å². The molecule has 0 amide bonds. The van der Waals surface area contributed by atoms with Crippen LogP contribution in [0, 0.1) is 5.92 Å². The topological polar surface area (TPSA) is 18.5 Å². The molecule has 0 radical (unpaired) electrons. The Morgan fingerprint density at radius 2 is 1.94 bits per heavy atom. The van der Waals surface area contributed by atoms with E-state index in [0.717, 1.165) is 37.7 Å². The predicted molar refractivity (Wildman–Crippen MR) is 74.6 cm³/mol. The summed E-state index contributed by atoms with van der Waals surface area (Å²) in [5, 5.41) is 0. The smallest absolute Gasteiger partial charge is 0.168 e. The first-order valence-corrected chi connectivity index (χ1v) is 7.91. The molecule has 2 nitrogen and oxygen atoms in total. The van der Waals surface area contributed by atoms with E-state index in [-0.39, 0.29) is 5.79 Å². The summed E-state index contributed by atoms with van der Waals surface area (Å²) in [5.41, 5.74) is 1.42. The summed E-state index contributed by atoms with van der Waals surface area (Å²) in [7, 11) is 0. The van der Waals surface area contributed by atoms with Crippen molar-refractivity contribution in [2.75, 3.05) is 19.0 Å². The molecule has 1 aliphatic carbocycles. The molecule has 18 heavy (non-hydrogen) atoms.